The third-order valence-corrected chi connectivity index (χ3v) is 4.20. The van der Waals surface area contributed by atoms with Gasteiger partial charge in [-0.05, 0) is 37.6 Å². The SMILES string of the molecule is CC1(C)C(=O)C(C(=O)CCC(=O)O)C(=O)c2ccc(Cl)cc21. The summed E-state index contributed by atoms with van der Waals surface area (Å²) in [5, 5.41) is 9.05. The van der Waals surface area contributed by atoms with E-state index in [4.69, 9.17) is 16.7 Å². The molecule has 0 radical (unpaired) electrons. The standard InChI is InChI=1S/C16H15ClO5/c1-16(2)10-7-8(17)3-4-9(10)14(21)13(15(16)22)11(18)5-6-12(19)20/h3-4,7,13H,5-6H2,1-2H3,(H,19,20). The first-order chi connectivity index (χ1) is 10.2. The van der Waals surface area contributed by atoms with Crippen molar-refractivity contribution in [3.8, 4) is 0 Å². The number of benzene rings is 1. The van der Waals surface area contributed by atoms with Crippen molar-refractivity contribution in [2.24, 2.45) is 5.92 Å². The van der Waals surface area contributed by atoms with Gasteiger partial charge in [-0.25, -0.2) is 0 Å². The van der Waals surface area contributed by atoms with Gasteiger partial charge < -0.3 is 5.11 Å². The Morgan fingerprint density at radius 3 is 2.45 bits per heavy atom. The topological polar surface area (TPSA) is 88.5 Å². The highest BCUT2D eigenvalue weighted by Crippen LogP contribution is 2.38. The molecule has 1 unspecified atom stereocenters. The van der Waals surface area contributed by atoms with E-state index >= 15 is 0 Å². The molecule has 1 aliphatic carbocycles. The minimum Gasteiger partial charge on any atom is -0.481 e. The zero-order valence-electron chi connectivity index (χ0n) is 12.2. The van der Waals surface area contributed by atoms with Crippen molar-refractivity contribution in [1.82, 2.24) is 0 Å². The number of halogens is 1. The summed E-state index contributed by atoms with van der Waals surface area (Å²) in [4.78, 5) is 47.8. The molecule has 6 heteroatoms. The average molecular weight is 323 g/mol. The molecule has 0 spiro atoms. The summed E-state index contributed by atoms with van der Waals surface area (Å²) in [7, 11) is 0. The van der Waals surface area contributed by atoms with Crippen LogP contribution in [-0.2, 0) is 19.8 Å². The Balaban J connectivity index is 2.46. The van der Waals surface area contributed by atoms with E-state index in [1.807, 2.05) is 0 Å². The number of hydrogen-bond donors (Lipinski definition) is 1. The lowest BCUT2D eigenvalue weighted by Crippen LogP contribution is -2.47. The van der Waals surface area contributed by atoms with E-state index in [1.54, 1.807) is 19.9 Å². The number of Topliss-reactive ketones (excluding diaryl/α,β-unsaturated/α-hetero) is 3. The fourth-order valence-electron chi connectivity index (χ4n) is 2.68. The average Bonchev–Trinajstić information content (AvgIpc) is 2.43. The van der Waals surface area contributed by atoms with E-state index in [9.17, 15) is 19.2 Å². The summed E-state index contributed by atoms with van der Waals surface area (Å²) in [5.41, 5.74) is -0.238. The Morgan fingerprint density at radius 2 is 1.86 bits per heavy atom. The van der Waals surface area contributed by atoms with Crippen LogP contribution in [0.5, 0.6) is 0 Å². The van der Waals surface area contributed by atoms with E-state index in [0.29, 0.717) is 16.1 Å². The lowest BCUT2D eigenvalue weighted by Gasteiger charge is -2.34. The molecule has 1 atom stereocenters. The number of hydrogen-bond acceptors (Lipinski definition) is 4. The summed E-state index contributed by atoms with van der Waals surface area (Å²) in [6.07, 6.45) is -0.736. The Labute approximate surface area is 132 Å². The van der Waals surface area contributed by atoms with E-state index in [0.717, 1.165) is 0 Å². The van der Waals surface area contributed by atoms with Gasteiger partial charge in [0.05, 0.1) is 11.8 Å². The fourth-order valence-corrected chi connectivity index (χ4v) is 2.86. The molecule has 5 nitrogen and oxygen atoms in total. The highest BCUT2D eigenvalue weighted by atomic mass is 35.5. The molecule has 1 N–H and O–H groups in total. The van der Waals surface area contributed by atoms with Crippen LogP contribution < -0.4 is 0 Å². The van der Waals surface area contributed by atoms with Crippen LogP contribution in [0.2, 0.25) is 5.02 Å². The van der Waals surface area contributed by atoms with E-state index in [-0.39, 0.29) is 6.42 Å². The van der Waals surface area contributed by atoms with Crippen molar-refractivity contribution >= 4 is 34.9 Å². The number of ketones is 3. The molecule has 0 fully saturated rings. The van der Waals surface area contributed by atoms with Crippen LogP contribution in [0.15, 0.2) is 18.2 Å². The predicted octanol–water partition coefficient (Wildman–Crippen LogP) is 2.43. The summed E-state index contributed by atoms with van der Waals surface area (Å²) < 4.78 is 0. The van der Waals surface area contributed by atoms with Gasteiger partial charge in [0.25, 0.3) is 0 Å². The minimum absolute atomic E-state index is 0.294. The number of carboxylic acids is 1. The lowest BCUT2D eigenvalue weighted by molar-refractivity contribution is -0.140. The second-order valence-electron chi connectivity index (χ2n) is 5.84. The smallest absolute Gasteiger partial charge is 0.303 e. The molecule has 2 rings (SSSR count). The maximum Gasteiger partial charge on any atom is 0.303 e. The Hall–Kier alpha value is -2.01. The first-order valence-electron chi connectivity index (χ1n) is 6.79. The van der Waals surface area contributed by atoms with Crippen LogP contribution in [0, 0.1) is 5.92 Å². The molecule has 0 amide bonds. The van der Waals surface area contributed by atoms with Gasteiger partial charge in [0.15, 0.2) is 17.3 Å². The fraction of sp³-hybridized carbons (Fsp3) is 0.375. The zero-order valence-corrected chi connectivity index (χ0v) is 12.9. The minimum atomic E-state index is -1.43. The summed E-state index contributed by atoms with van der Waals surface area (Å²) in [6.45, 7) is 3.27. The van der Waals surface area contributed by atoms with E-state index in [2.05, 4.69) is 0 Å². The van der Waals surface area contributed by atoms with Gasteiger partial charge in [0.2, 0.25) is 0 Å². The third-order valence-electron chi connectivity index (χ3n) is 3.97. The summed E-state index contributed by atoms with van der Waals surface area (Å²) >= 11 is 5.93. The highest BCUT2D eigenvalue weighted by Gasteiger charge is 2.48. The highest BCUT2D eigenvalue weighted by molar-refractivity contribution is 6.32. The predicted molar refractivity (Wildman–Crippen MR) is 79.2 cm³/mol. The van der Waals surface area contributed by atoms with Crippen molar-refractivity contribution in [3.63, 3.8) is 0 Å². The van der Waals surface area contributed by atoms with Gasteiger partial charge in [-0.2, -0.15) is 0 Å². The van der Waals surface area contributed by atoms with Gasteiger partial charge in [-0.1, -0.05) is 11.6 Å². The molecular formula is C16H15ClO5. The maximum atomic E-state index is 12.6. The zero-order chi connectivity index (χ0) is 16.7. The number of carboxylic acid groups (broad SMARTS) is 1. The van der Waals surface area contributed by atoms with Crippen LogP contribution >= 0.6 is 11.6 Å². The molecule has 0 aliphatic heterocycles. The molecule has 116 valence electrons. The monoisotopic (exact) mass is 322 g/mol. The third kappa shape index (κ3) is 2.68. The Kier molecular flexibility index (Phi) is 4.20. The number of carbonyl (C=O) groups is 4. The number of aliphatic carboxylic acids is 1. The molecule has 1 aromatic carbocycles. The first kappa shape index (κ1) is 16.4. The van der Waals surface area contributed by atoms with Crippen LogP contribution in [0.1, 0.15) is 42.6 Å². The molecule has 1 aliphatic rings. The molecule has 0 bridgehead atoms. The quantitative estimate of drug-likeness (QED) is 0.860. The number of carbonyl (C=O) groups excluding carboxylic acids is 3. The normalized spacial score (nSPS) is 19.7. The number of rotatable bonds is 4. The van der Waals surface area contributed by atoms with E-state index in [1.165, 1.54) is 12.1 Å². The molecule has 0 aromatic heterocycles. The van der Waals surface area contributed by atoms with Crippen LogP contribution in [-0.4, -0.2) is 28.4 Å². The molecule has 0 saturated heterocycles. The van der Waals surface area contributed by atoms with E-state index < -0.39 is 41.1 Å². The molecule has 1 aromatic rings. The van der Waals surface area contributed by atoms with Crippen molar-refractivity contribution in [2.75, 3.05) is 0 Å². The van der Waals surface area contributed by atoms with Crippen LogP contribution in [0.3, 0.4) is 0 Å². The second-order valence-corrected chi connectivity index (χ2v) is 6.27. The molecule has 0 saturated carbocycles. The van der Waals surface area contributed by atoms with Gasteiger partial charge in [0, 0.05) is 17.0 Å². The van der Waals surface area contributed by atoms with Crippen LogP contribution in [0.25, 0.3) is 0 Å². The van der Waals surface area contributed by atoms with Gasteiger partial charge in [0.1, 0.15) is 5.92 Å². The Morgan fingerprint density at radius 1 is 1.23 bits per heavy atom. The maximum absolute atomic E-state index is 12.6. The van der Waals surface area contributed by atoms with Crippen molar-refractivity contribution in [1.29, 1.82) is 0 Å². The molecule has 22 heavy (non-hydrogen) atoms. The van der Waals surface area contributed by atoms with Crippen LogP contribution in [0.4, 0.5) is 0 Å². The summed E-state index contributed by atoms with van der Waals surface area (Å²) in [5.74, 6) is -4.31. The lowest BCUT2D eigenvalue weighted by atomic mass is 9.65. The van der Waals surface area contributed by atoms with Crippen molar-refractivity contribution in [2.45, 2.75) is 32.1 Å². The van der Waals surface area contributed by atoms with Gasteiger partial charge in [-0.3, -0.25) is 19.2 Å². The Bertz CT molecular complexity index is 690. The molecular weight excluding hydrogens is 308 g/mol. The first-order valence-corrected chi connectivity index (χ1v) is 7.17. The van der Waals surface area contributed by atoms with Crippen molar-refractivity contribution in [3.05, 3.63) is 34.3 Å². The summed E-state index contributed by atoms with van der Waals surface area (Å²) in [6, 6.07) is 4.60. The molecule has 0 heterocycles. The number of fused-ring (bicyclic) bond motifs is 1. The second kappa shape index (κ2) is 5.65. The van der Waals surface area contributed by atoms with Crippen molar-refractivity contribution < 1.29 is 24.3 Å². The van der Waals surface area contributed by atoms with Gasteiger partial charge in [-0.15, -0.1) is 0 Å². The largest absolute Gasteiger partial charge is 0.481 e. The van der Waals surface area contributed by atoms with Gasteiger partial charge >= 0.3 is 5.97 Å².